The first-order valence-electron chi connectivity index (χ1n) is 7.02. The minimum absolute atomic E-state index is 0.0682. The number of rotatable bonds is 7. The van der Waals surface area contributed by atoms with E-state index < -0.39 is 5.97 Å². The number of benzene rings is 1. The number of carbonyl (C=O) groups excluding carboxylic acids is 1. The van der Waals surface area contributed by atoms with E-state index in [0.29, 0.717) is 13.2 Å². The summed E-state index contributed by atoms with van der Waals surface area (Å²) in [5.74, 6) is -0.628. The SMILES string of the molecule is Cc1cccc(OCCN(C)C(=O)Cn2cc(C(=O)O)nn2)c1. The Hall–Kier alpha value is -2.90. The maximum Gasteiger partial charge on any atom is 0.358 e. The predicted octanol–water partition coefficient (Wildman–Crippen LogP) is 0.822. The maximum atomic E-state index is 12.0. The van der Waals surface area contributed by atoms with Crippen molar-refractivity contribution in [3.05, 3.63) is 41.7 Å². The molecule has 1 heterocycles. The number of amides is 1. The molecular formula is C15H18N4O4. The van der Waals surface area contributed by atoms with Crippen molar-refractivity contribution in [1.82, 2.24) is 19.9 Å². The summed E-state index contributed by atoms with van der Waals surface area (Å²) in [4.78, 5) is 24.2. The largest absolute Gasteiger partial charge is 0.492 e. The molecule has 8 heteroatoms. The molecule has 0 atom stereocenters. The van der Waals surface area contributed by atoms with E-state index in [1.54, 1.807) is 7.05 Å². The number of hydrogen-bond acceptors (Lipinski definition) is 5. The number of carboxylic acids is 1. The van der Waals surface area contributed by atoms with Crippen LogP contribution in [0.15, 0.2) is 30.5 Å². The molecule has 0 fully saturated rings. The van der Waals surface area contributed by atoms with Gasteiger partial charge in [-0.25, -0.2) is 9.48 Å². The predicted molar refractivity (Wildman–Crippen MR) is 81.3 cm³/mol. The highest BCUT2D eigenvalue weighted by Gasteiger charge is 2.13. The second-order valence-corrected chi connectivity index (χ2v) is 5.09. The number of nitrogens with zero attached hydrogens (tertiary/aromatic N) is 4. The van der Waals surface area contributed by atoms with Crippen LogP contribution in [0.1, 0.15) is 16.1 Å². The first-order valence-corrected chi connectivity index (χ1v) is 7.02. The normalized spacial score (nSPS) is 10.3. The van der Waals surface area contributed by atoms with Gasteiger partial charge in [-0.3, -0.25) is 4.79 Å². The quantitative estimate of drug-likeness (QED) is 0.812. The second-order valence-electron chi connectivity index (χ2n) is 5.09. The van der Waals surface area contributed by atoms with Gasteiger partial charge in [-0.2, -0.15) is 0 Å². The Morgan fingerprint density at radius 1 is 1.39 bits per heavy atom. The molecule has 8 nitrogen and oxygen atoms in total. The molecular weight excluding hydrogens is 300 g/mol. The average Bonchev–Trinajstić information content (AvgIpc) is 2.96. The molecule has 0 aliphatic rings. The zero-order valence-corrected chi connectivity index (χ0v) is 13.0. The van der Waals surface area contributed by atoms with Crippen molar-refractivity contribution in [1.29, 1.82) is 0 Å². The van der Waals surface area contributed by atoms with Gasteiger partial charge in [0.05, 0.1) is 12.7 Å². The van der Waals surface area contributed by atoms with Crippen molar-refractivity contribution >= 4 is 11.9 Å². The monoisotopic (exact) mass is 318 g/mol. The van der Waals surface area contributed by atoms with Crippen LogP contribution in [0.4, 0.5) is 0 Å². The lowest BCUT2D eigenvalue weighted by molar-refractivity contribution is -0.131. The number of ether oxygens (including phenoxy) is 1. The van der Waals surface area contributed by atoms with Crippen molar-refractivity contribution in [2.45, 2.75) is 13.5 Å². The molecule has 0 spiro atoms. The van der Waals surface area contributed by atoms with Crippen molar-refractivity contribution in [2.75, 3.05) is 20.2 Å². The van der Waals surface area contributed by atoms with Crippen LogP contribution in [0.2, 0.25) is 0 Å². The van der Waals surface area contributed by atoms with Crippen LogP contribution in [0.5, 0.6) is 5.75 Å². The van der Waals surface area contributed by atoms with Gasteiger partial charge < -0.3 is 14.7 Å². The van der Waals surface area contributed by atoms with Crippen molar-refractivity contribution in [3.8, 4) is 5.75 Å². The fourth-order valence-corrected chi connectivity index (χ4v) is 1.86. The minimum atomic E-state index is -1.18. The summed E-state index contributed by atoms with van der Waals surface area (Å²) in [6.45, 7) is 2.68. The van der Waals surface area contributed by atoms with Crippen LogP contribution in [0.3, 0.4) is 0 Å². The van der Waals surface area contributed by atoms with Crippen molar-refractivity contribution in [2.24, 2.45) is 0 Å². The van der Waals surface area contributed by atoms with Gasteiger partial charge in [-0.05, 0) is 24.6 Å². The average molecular weight is 318 g/mol. The number of aromatic nitrogens is 3. The fourth-order valence-electron chi connectivity index (χ4n) is 1.86. The van der Waals surface area contributed by atoms with E-state index in [-0.39, 0.29) is 18.1 Å². The molecule has 1 aromatic carbocycles. The molecule has 2 aromatic rings. The summed E-state index contributed by atoms with van der Waals surface area (Å²) in [6.07, 6.45) is 1.22. The van der Waals surface area contributed by atoms with E-state index in [4.69, 9.17) is 9.84 Å². The van der Waals surface area contributed by atoms with Crippen molar-refractivity contribution in [3.63, 3.8) is 0 Å². The Bertz CT molecular complexity index is 698. The lowest BCUT2D eigenvalue weighted by Crippen LogP contribution is -2.33. The summed E-state index contributed by atoms with van der Waals surface area (Å²) in [5, 5.41) is 15.8. The number of carbonyl (C=O) groups is 2. The first kappa shape index (κ1) is 16.5. The number of carboxylic acid groups (broad SMARTS) is 1. The van der Waals surface area contributed by atoms with Crippen LogP contribution in [-0.4, -0.2) is 57.1 Å². The van der Waals surface area contributed by atoms with Crippen LogP contribution < -0.4 is 4.74 Å². The standard InChI is InChI=1S/C15H18N4O4/c1-11-4-3-5-12(8-11)23-7-6-18(2)14(20)10-19-9-13(15(21)22)16-17-19/h3-5,8-9H,6-7,10H2,1-2H3,(H,21,22). The Morgan fingerprint density at radius 2 is 2.17 bits per heavy atom. The molecule has 0 saturated heterocycles. The summed E-state index contributed by atoms with van der Waals surface area (Å²) in [5.41, 5.74) is 0.913. The summed E-state index contributed by atoms with van der Waals surface area (Å²) in [7, 11) is 1.65. The number of hydrogen-bond donors (Lipinski definition) is 1. The molecule has 1 aromatic heterocycles. The molecule has 0 aliphatic carbocycles. The van der Waals surface area contributed by atoms with E-state index in [0.717, 1.165) is 11.3 Å². The minimum Gasteiger partial charge on any atom is -0.492 e. The lowest BCUT2D eigenvalue weighted by Gasteiger charge is -2.17. The third-order valence-electron chi connectivity index (χ3n) is 3.17. The van der Waals surface area contributed by atoms with Crippen LogP contribution in [0.25, 0.3) is 0 Å². The van der Waals surface area contributed by atoms with Gasteiger partial charge in [0, 0.05) is 7.05 Å². The van der Waals surface area contributed by atoms with E-state index >= 15 is 0 Å². The summed E-state index contributed by atoms with van der Waals surface area (Å²) in [6, 6.07) is 7.67. The van der Waals surface area contributed by atoms with Gasteiger partial charge in [0.15, 0.2) is 5.69 Å². The van der Waals surface area contributed by atoms with E-state index in [1.807, 2.05) is 31.2 Å². The molecule has 0 aliphatic heterocycles. The maximum absolute atomic E-state index is 12.0. The fraction of sp³-hybridized carbons (Fsp3) is 0.333. The van der Waals surface area contributed by atoms with Crippen LogP contribution >= 0.6 is 0 Å². The van der Waals surface area contributed by atoms with E-state index in [1.165, 1.54) is 15.8 Å². The van der Waals surface area contributed by atoms with Gasteiger partial charge in [0.25, 0.3) is 0 Å². The van der Waals surface area contributed by atoms with Gasteiger partial charge >= 0.3 is 5.97 Å². The first-order chi connectivity index (χ1) is 11.0. The van der Waals surface area contributed by atoms with Crippen molar-refractivity contribution < 1.29 is 19.4 Å². The molecule has 0 unspecified atom stereocenters. The Balaban J connectivity index is 1.79. The lowest BCUT2D eigenvalue weighted by atomic mass is 10.2. The van der Waals surface area contributed by atoms with E-state index in [9.17, 15) is 9.59 Å². The van der Waals surface area contributed by atoms with Gasteiger partial charge in [-0.1, -0.05) is 17.3 Å². The number of aromatic carboxylic acids is 1. The molecule has 1 N–H and O–H groups in total. The highest BCUT2D eigenvalue weighted by Crippen LogP contribution is 2.12. The molecule has 0 radical (unpaired) electrons. The Morgan fingerprint density at radius 3 is 2.83 bits per heavy atom. The Labute approximate surface area is 133 Å². The molecule has 0 saturated carbocycles. The third-order valence-corrected chi connectivity index (χ3v) is 3.17. The summed E-state index contributed by atoms with van der Waals surface area (Å²) >= 11 is 0. The zero-order chi connectivity index (χ0) is 16.8. The van der Waals surface area contributed by atoms with Gasteiger partial charge in [0.2, 0.25) is 5.91 Å². The topological polar surface area (TPSA) is 97.5 Å². The van der Waals surface area contributed by atoms with E-state index in [2.05, 4.69) is 10.3 Å². The molecule has 23 heavy (non-hydrogen) atoms. The highest BCUT2D eigenvalue weighted by molar-refractivity contribution is 5.84. The molecule has 1 amide bonds. The highest BCUT2D eigenvalue weighted by atomic mass is 16.5. The number of likely N-dealkylation sites (N-methyl/N-ethyl adjacent to an activating group) is 1. The second kappa shape index (κ2) is 7.39. The van der Waals surface area contributed by atoms with Gasteiger partial charge in [-0.15, -0.1) is 5.10 Å². The molecule has 0 bridgehead atoms. The third kappa shape index (κ3) is 4.80. The molecule has 2 rings (SSSR count). The van der Waals surface area contributed by atoms with Gasteiger partial charge in [0.1, 0.15) is 18.9 Å². The molecule has 122 valence electrons. The summed E-state index contributed by atoms with van der Waals surface area (Å²) < 4.78 is 6.79. The smallest absolute Gasteiger partial charge is 0.358 e. The Kier molecular flexibility index (Phi) is 5.29. The van der Waals surface area contributed by atoms with Crippen LogP contribution in [-0.2, 0) is 11.3 Å². The van der Waals surface area contributed by atoms with Crippen LogP contribution in [0, 0.1) is 6.92 Å². The number of aryl methyl sites for hydroxylation is 1. The zero-order valence-electron chi connectivity index (χ0n) is 13.0.